The van der Waals surface area contributed by atoms with Gasteiger partial charge in [-0.05, 0) is 41.8 Å². The highest BCUT2D eigenvalue weighted by atomic mass is 35.5. The van der Waals surface area contributed by atoms with Gasteiger partial charge in [-0.25, -0.2) is 0 Å². The van der Waals surface area contributed by atoms with E-state index in [1.807, 2.05) is 30.3 Å². The summed E-state index contributed by atoms with van der Waals surface area (Å²) >= 11 is 18.5. The Morgan fingerprint density at radius 1 is 0.889 bits per heavy atom. The van der Waals surface area contributed by atoms with Crippen LogP contribution in [0.25, 0.3) is 0 Å². The van der Waals surface area contributed by atoms with Gasteiger partial charge in [-0.2, -0.15) is 0 Å². The number of unbranched alkanes of at least 4 members (excludes halogenated alkanes) is 1. The number of carbonyl (C=O) groups is 2. The molecule has 0 aromatic heterocycles. The molecule has 0 radical (unpaired) electrons. The summed E-state index contributed by atoms with van der Waals surface area (Å²) in [5.74, 6) is -0.181. The lowest BCUT2D eigenvalue weighted by molar-refractivity contribution is -0.142. The lowest BCUT2D eigenvalue weighted by Gasteiger charge is -2.31. The summed E-state index contributed by atoms with van der Waals surface area (Å²) < 4.78 is 5.74. The van der Waals surface area contributed by atoms with Crippen molar-refractivity contribution in [1.29, 1.82) is 0 Å². The summed E-state index contributed by atoms with van der Waals surface area (Å²) in [7, 11) is 0. The predicted molar refractivity (Wildman–Crippen MR) is 146 cm³/mol. The molecule has 0 unspecified atom stereocenters. The Morgan fingerprint density at radius 2 is 1.61 bits per heavy atom. The van der Waals surface area contributed by atoms with Crippen molar-refractivity contribution in [3.63, 3.8) is 0 Å². The Morgan fingerprint density at radius 3 is 2.31 bits per heavy atom. The van der Waals surface area contributed by atoms with Crippen LogP contribution in [0.5, 0.6) is 5.75 Å². The second-order valence-corrected chi connectivity index (χ2v) is 9.56. The largest absolute Gasteiger partial charge is 0.482 e. The van der Waals surface area contributed by atoms with Crippen molar-refractivity contribution in [1.82, 2.24) is 10.2 Å². The number of hydrogen-bond acceptors (Lipinski definition) is 3. The zero-order chi connectivity index (χ0) is 25.9. The van der Waals surface area contributed by atoms with Crippen LogP contribution in [-0.4, -0.2) is 35.9 Å². The van der Waals surface area contributed by atoms with E-state index in [4.69, 9.17) is 39.5 Å². The maximum atomic E-state index is 13.6. The number of para-hydroxylation sites is 1. The van der Waals surface area contributed by atoms with Gasteiger partial charge >= 0.3 is 0 Å². The summed E-state index contributed by atoms with van der Waals surface area (Å²) in [6.07, 6.45) is 2.14. The maximum absolute atomic E-state index is 13.6. The second kappa shape index (κ2) is 14.1. The van der Waals surface area contributed by atoms with Crippen molar-refractivity contribution in [3.8, 4) is 5.75 Å². The molecule has 2 amide bonds. The molecule has 8 heteroatoms. The van der Waals surface area contributed by atoms with Gasteiger partial charge in [0.15, 0.2) is 6.61 Å². The molecule has 0 aliphatic rings. The van der Waals surface area contributed by atoms with Gasteiger partial charge in [-0.1, -0.05) is 96.7 Å². The minimum atomic E-state index is -0.763. The Labute approximate surface area is 227 Å². The molecule has 1 N–H and O–H groups in total. The molecule has 1 atom stereocenters. The number of halogens is 3. The van der Waals surface area contributed by atoms with Gasteiger partial charge in [0.05, 0.1) is 15.1 Å². The quantitative estimate of drug-likeness (QED) is 0.261. The minimum absolute atomic E-state index is 0.153. The second-order valence-electron chi connectivity index (χ2n) is 8.34. The molecule has 0 bridgehead atoms. The van der Waals surface area contributed by atoms with Crippen LogP contribution in [0.2, 0.25) is 15.1 Å². The average Bonchev–Trinajstić information content (AvgIpc) is 2.88. The fourth-order valence-corrected chi connectivity index (χ4v) is 4.19. The highest BCUT2D eigenvalue weighted by molar-refractivity contribution is 6.42. The highest BCUT2D eigenvalue weighted by Crippen LogP contribution is 2.25. The molecule has 0 saturated heterocycles. The van der Waals surface area contributed by atoms with E-state index in [2.05, 4.69) is 12.2 Å². The number of rotatable bonds is 12. The molecule has 0 spiro atoms. The summed E-state index contributed by atoms with van der Waals surface area (Å²) in [5, 5.41) is 4.18. The Bertz CT molecular complexity index is 1160. The van der Waals surface area contributed by atoms with Gasteiger partial charge in [0.1, 0.15) is 11.8 Å². The molecule has 190 valence electrons. The van der Waals surface area contributed by atoms with E-state index in [-0.39, 0.29) is 25.0 Å². The lowest BCUT2D eigenvalue weighted by atomic mass is 10.0. The first kappa shape index (κ1) is 27.9. The number of nitrogens with zero attached hydrogens (tertiary/aromatic N) is 1. The van der Waals surface area contributed by atoms with Crippen LogP contribution in [0.15, 0.2) is 72.8 Å². The maximum Gasteiger partial charge on any atom is 0.261 e. The summed E-state index contributed by atoms with van der Waals surface area (Å²) in [6, 6.07) is 21.0. The number of carbonyl (C=O) groups excluding carboxylic acids is 2. The SMILES string of the molecule is CCCCNC(=O)[C@@H](Cc1ccccc1)N(Cc1ccc(Cl)c(Cl)c1)C(=O)COc1ccccc1Cl. The first-order valence-electron chi connectivity index (χ1n) is 11.8. The Hall–Kier alpha value is -2.73. The summed E-state index contributed by atoms with van der Waals surface area (Å²) in [6.45, 7) is 2.46. The molecule has 3 aromatic carbocycles. The van der Waals surface area contributed by atoms with Crippen LogP contribution >= 0.6 is 34.8 Å². The Kier molecular flexibility index (Phi) is 10.9. The van der Waals surface area contributed by atoms with E-state index in [1.54, 1.807) is 42.5 Å². The Balaban J connectivity index is 1.91. The standard InChI is InChI=1S/C28H29Cl3N2O3/c1-2-3-15-32-28(35)25(17-20-9-5-4-6-10-20)33(18-21-13-14-22(29)24(31)16-21)27(34)19-36-26-12-8-7-11-23(26)30/h4-14,16,25H,2-3,15,17-19H2,1H3,(H,32,35)/t25-/m1/s1. The molecule has 0 aliphatic heterocycles. The van der Waals surface area contributed by atoms with Gasteiger partial charge in [0.2, 0.25) is 5.91 Å². The highest BCUT2D eigenvalue weighted by Gasteiger charge is 2.30. The first-order chi connectivity index (χ1) is 17.4. The zero-order valence-corrected chi connectivity index (χ0v) is 22.3. The van der Waals surface area contributed by atoms with Crippen LogP contribution in [0.3, 0.4) is 0 Å². The number of hydrogen-bond donors (Lipinski definition) is 1. The third-order valence-electron chi connectivity index (χ3n) is 5.63. The van der Waals surface area contributed by atoms with Crippen LogP contribution in [-0.2, 0) is 22.6 Å². The molecule has 36 heavy (non-hydrogen) atoms. The minimum Gasteiger partial charge on any atom is -0.482 e. The number of nitrogens with one attached hydrogen (secondary N) is 1. The number of benzene rings is 3. The van der Waals surface area contributed by atoms with E-state index in [1.165, 1.54) is 4.90 Å². The molecule has 5 nitrogen and oxygen atoms in total. The molecule has 3 rings (SSSR count). The van der Waals surface area contributed by atoms with E-state index in [0.717, 1.165) is 24.0 Å². The molecular formula is C28H29Cl3N2O3. The number of amides is 2. The fraction of sp³-hybridized carbons (Fsp3) is 0.286. The monoisotopic (exact) mass is 546 g/mol. The lowest BCUT2D eigenvalue weighted by Crippen LogP contribution is -2.51. The van der Waals surface area contributed by atoms with Crippen molar-refractivity contribution in [3.05, 3.63) is 99.0 Å². The molecule has 0 aliphatic carbocycles. The van der Waals surface area contributed by atoms with Crippen molar-refractivity contribution in [2.75, 3.05) is 13.2 Å². The first-order valence-corrected chi connectivity index (χ1v) is 12.9. The predicted octanol–water partition coefficient (Wildman–Crippen LogP) is 6.58. The van der Waals surface area contributed by atoms with E-state index < -0.39 is 6.04 Å². The zero-order valence-electron chi connectivity index (χ0n) is 20.1. The van der Waals surface area contributed by atoms with Gasteiger partial charge in [0.25, 0.3) is 5.91 Å². The van der Waals surface area contributed by atoms with Crippen molar-refractivity contribution < 1.29 is 14.3 Å². The summed E-state index contributed by atoms with van der Waals surface area (Å²) in [5.41, 5.74) is 1.68. The molecule has 3 aromatic rings. The van der Waals surface area contributed by atoms with Gasteiger partial charge < -0.3 is 15.0 Å². The van der Waals surface area contributed by atoms with Crippen molar-refractivity contribution >= 4 is 46.6 Å². The van der Waals surface area contributed by atoms with Crippen LogP contribution < -0.4 is 10.1 Å². The molecule has 0 heterocycles. The van der Waals surface area contributed by atoms with Crippen LogP contribution in [0, 0.1) is 0 Å². The normalized spacial score (nSPS) is 11.6. The molecular weight excluding hydrogens is 519 g/mol. The summed E-state index contributed by atoms with van der Waals surface area (Å²) in [4.78, 5) is 28.5. The van der Waals surface area contributed by atoms with Gasteiger partial charge in [0, 0.05) is 19.5 Å². The van der Waals surface area contributed by atoms with E-state index in [9.17, 15) is 9.59 Å². The van der Waals surface area contributed by atoms with Crippen LogP contribution in [0.1, 0.15) is 30.9 Å². The van der Waals surface area contributed by atoms with Crippen molar-refractivity contribution in [2.45, 2.75) is 38.8 Å². The van der Waals surface area contributed by atoms with Crippen molar-refractivity contribution in [2.24, 2.45) is 0 Å². The molecule has 0 fully saturated rings. The molecule has 0 saturated carbocycles. The van der Waals surface area contributed by atoms with Gasteiger partial charge in [-0.3, -0.25) is 9.59 Å². The third-order valence-corrected chi connectivity index (χ3v) is 6.68. The van der Waals surface area contributed by atoms with E-state index in [0.29, 0.717) is 33.8 Å². The van der Waals surface area contributed by atoms with Crippen LogP contribution in [0.4, 0.5) is 0 Å². The fourth-order valence-electron chi connectivity index (χ4n) is 3.68. The smallest absolute Gasteiger partial charge is 0.261 e. The van der Waals surface area contributed by atoms with E-state index >= 15 is 0 Å². The average molecular weight is 548 g/mol. The topological polar surface area (TPSA) is 58.6 Å². The third kappa shape index (κ3) is 8.16. The van der Waals surface area contributed by atoms with Gasteiger partial charge in [-0.15, -0.1) is 0 Å². The number of ether oxygens (including phenoxy) is 1.